The molecule has 0 bridgehead atoms. The summed E-state index contributed by atoms with van der Waals surface area (Å²) < 4.78 is 10.8. The molecule has 0 N–H and O–H groups in total. The Kier molecular flexibility index (Phi) is 6.67. The van der Waals surface area contributed by atoms with Gasteiger partial charge >= 0.3 is 0 Å². The van der Waals surface area contributed by atoms with Gasteiger partial charge in [0.25, 0.3) is 0 Å². The van der Waals surface area contributed by atoms with Gasteiger partial charge in [-0.2, -0.15) is 0 Å². The second-order valence-electron chi connectivity index (χ2n) is 2.47. The van der Waals surface area contributed by atoms with Crippen LogP contribution in [0, 0.1) is 0 Å². The van der Waals surface area contributed by atoms with E-state index in [9.17, 15) is 4.21 Å². The highest BCUT2D eigenvalue weighted by atomic mass is 32.2. The Hall–Kier alpha value is -0.630. The van der Waals surface area contributed by atoms with E-state index >= 15 is 0 Å². The zero-order valence-electron chi connectivity index (χ0n) is 7.91. The smallest absolute Gasteiger partial charge is 0.0498 e. The molecule has 0 saturated carbocycles. The Morgan fingerprint density at radius 1 is 1.17 bits per heavy atom. The van der Waals surface area contributed by atoms with Gasteiger partial charge in [0.1, 0.15) is 0 Å². The van der Waals surface area contributed by atoms with Gasteiger partial charge < -0.3 is 0 Å². The molecule has 0 spiro atoms. The fourth-order valence-electron chi connectivity index (χ4n) is 0.612. The van der Waals surface area contributed by atoms with Gasteiger partial charge in [0.15, 0.2) is 0 Å². The molecule has 1 aromatic carbocycles. The van der Waals surface area contributed by atoms with Crippen LogP contribution in [0.2, 0.25) is 0 Å². The molecule has 2 heteroatoms. The van der Waals surface area contributed by atoms with Crippen LogP contribution in [-0.4, -0.2) is 10.5 Å². The first-order valence-corrected chi connectivity index (χ1v) is 5.66. The summed E-state index contributed by atoms with van der Waals surface area (Å²) in [5.41, 5.74) is 0. The van der Waals surface area contributed by atoms with E-state index in [0.29, 0.717) is 0 Å². The Morgan fingerprint density at radius 3 is 1.83 bits per heavy atom. The highest BCUT2D eigenvalue weighted by molar-refractivity contribution is 7.84. The van der Waals surface area contributed by atoms with Crippen molar-refractivity contribution in [2.45, 2.75) is 25.2 Å². The molecule has 12 heavy (non-hydrogen) atoms. The summed E-state index contributed by atoms with van der Waals surface area (Å²) in [4.78, 5) is 0.887. The van der Waals surface area contributed by atoms with E-state index < -0.39 is 10.8 Å². The molecule has 1 aromatic rings. The first-order valence-electron chi connectivity index (χ1n) is 4.10. The minimum Gasteiger partial charge on any atom is -0.255 e. The van der Waals surface area contributed by atoms with Crippen LogP contribution in [0.3, 0.4) is 0 Å². The second kappa shape index (κ2) is 7.04. The summed E-state index contributed by atoms with van der Waals surface area (Å²) in [6, 6.07) is 9.40. The predicted octanol–water partition coefficient (Wildman–Crippen LogP) is 2.84. The van der Waals surface area contributed by atoms with Crippen molar-refractivity contribution >= 4 is 10.8 Å². The summed E-state index contributed by atoms with van der Waals surface area (Å²) >= 11 is 0. The average molecular weight is 184 g/mol. The van der Waals surface area contributed by atoms with Crippen LogP contribution >= 0.6 is 0 Å². The third-order valence-electron chi connectivity index (χ3n) is 1.08. The Bertz CT molecular complexity index is 219. The SMILES string of the molecule is CCC.CS(=O)c1ccccc1. The number of hydrogen-bond acceptors (Lipinski definition) is 1. The Morgan fingerprint density at radius 2 is 1.58 bits per heavy atom. The molecule has 0 heterocycles. The molecule has 0 aliphatic heterocycles. The van der Waals surface area contributed by atoms with Crippen LogP contribution in [0.4, 0.5) is 0 Å². The van der Waals surface area contributed by atoms with Crippen LogP contribution in [0.1, 0.15) is 20.3 Å². The van der Waals surface area contributed by atoms with Crippen molar-refractivity contribution in [1.29, 1.82) is 0 Å². The normalized spacial score (nSPS) is 11.2. The standard InChI is InChI=1S/C7H8OS.C3H8/c1-9(8)7-5-3-2-4-6-7;1-3-2/h2-6H,1H3;3H2,1-2H3. The second-order valence-corrected chi connectivity index (χ2v) is 3.85. The molecular weight excluding hydrogens is 168 g/mol. The Balaban J connectivity index is 0.000000354. The molecule has 68 valence electrons. The third kappa shape index (κ3) is 5.08. The zero-order chi connectivity index (χ0) is 9.40. The van der Waals surface area contributed by atoms with Gasteiger partial charge in [-0.15, -0.1) is 0 Å². The van der Waals surface area contributed by atoms with Gasteiger partial charge in [-0.3, -0.25) is 4.21 Å². The highest BCUT2D eigenvalue weighted by Crippen LogP contribution is 2.01. The van der Waals surface area contributed by atoms with Crippen molar-refractivity contribution in [3.63, 3.8) is 0 Å². The molecule has 1 rings (SSSR count). The molecule has 1 nitrogen and oxygen atoms in total. The first kappa shape index (κ1) is 11.4. The molecular formula is C10H16OS. The fourth-order valence-corrected chi connectivity index (χ4v) is 1.15. The van der Waals surface area contributed by atoms with Gasteiger partial charge in [-0.25, -0.2) is 0 Å². The predicted molar refractivity (Wildman–Crippen MR) is 54.7 cm³/mol. The van der Waals surface area contributed by atoms with Crippen molar-refractivity contribution in [2.24, 2.45) is 0 Å². The Labute approximate surface area is 77.3 Å². The lowest BCUT2D eigenvalue weighted by Crippen LogP contribution is -1.83. The lowest BCUT2D eigenvalue weighted by Gasteiger charge is -1.90. The maximum absolute atomic E-state index is 10.8. The molecule has 0 aromatic heterocycles. The molecule has 0 aliphatic carbocycles. The molecule has 0 fully saturated rings. The molecule has 1 unspecified atom stereocenters. The molecule has 0 amide bonds. The maximum Gasteiger partial charge on any atom is 0.0498 e. The van der Waals surface area contributed by atoms with E-state index in [4.69, 9.17) is 0 Å². The van der Waals surface area contributed by atoms with E-state index in [2.05, 4.69) is 13.8 Å². The molecule has 0 radical (unpaired) electrons. The summed E-state index contributed by atoms with van der Waals surface area (Å²) in [6.45, 7) is 4.25. The van der Waals surface area contributed by atoms with Crippen molar-refractivity contribution in [3.05, 3.63) is 30.3 Å². The molecule has 0 aliphatic rings. The van der Waals surface area contributed by atoms with E-state index in [-0.39, 0.29) is 0 Å². The zero-order valence-corrected chi connectivity index (χ0v) is 8.73. The first-order chi connectivity index (χ1) is 5.72. The third-order valence-corrected chi connectivity index (χ3v) is 2.01. The van der Waals surface area contributed by atoms with E-state index in [1.165, 1.54) is 6.42 Å². The van der Waals surface area contributed by atoms with Crippen molar-refractivity contribution < 1.29 is 4.21 Å². The van der Waals surface area contributed by atoms with Crippen molar-refractivity contribution in [3.8, 4) is 0 Å². The minimum atomic E-state index is -0.829. The minimum absolute atomic E-state index is 0.829. The summed E-state index contributed by atoms with van der Waals surface area (Å²) in [7, 11) is -0.829. The van der Waals surface area contributed by atoms with Crippen molar-refractivity contribution in [1.82, 2.24) is 0 Å². The molecule has 1 atom stereocenters. The summed E-state index contributed by atoms with van der Waals surface area (Å²) in [6.07, 6.45) is 2.93. The monoisotopic (exact) mass is 184 g/mol. The largest absolute Gasteiger partial charge is 0.255 e. The van der Waals surface area contributed by atoms with Crippen LogP contribution in [0.5, 0.6) is 0 Å². The lowest BCUT2D eigenvalue weighted by atomic mass is 10.4. The number of rotatable bonds is 1. The van der Waals surface area contributed by atoms with Crippen LogP contribution in [-0.2, 0) is 10.8 Å². The quantitative estimate of drug-likeness (QED) is 0.656. The number of benzene rings is 1. The van der Waals surface area contributed by atoms with Crippen LogP contribution < -0.4 is 0 Å². The van der Waals surface area contributed by atoms with Gasteiger partial charge in [0, 0.05) is 22.0 Å². The van der Waals surface area contributed by atoms with Gasteiger partial charge in [-0.05, 0) is 12.1 Å². The van der Waals surface area contributed by atoms with E-state index in [0.717, 1.165) is 4.90 Å². The topological polar surface area (TPSA) is 17.1 Å². The van der Waals surface area contributed by atoms with Crippen LogP contribution in [0.15, 0.2) is 35.2 Å². The van der Waals surface area contributed by atoms with Crippen LogP contribution in [0.25, 0.3) is 0 Å². The number of hydrogen-bond donors (Lipinski definition) is 0. The van der Waals surface area contributed by atoms with E-state index in [1.807, 2.05) is 30.3 Å². The fraction of sp³-hybridized carbons (Fsp3) is 0.400. The molecule has 0 saturated heterocycles. The highest BCUT2D eigenvalue weighted by Gasteiger charge is 1.90. The average Bonchev–Trinajstić information content (AvgIpc) is 2.07. The van der Waals surface area contributed by atoms with Gasteiger partial charge in [0.05, 0.1) is 0 Å². The summed E-state index contributed by atoms with van der Waals surface area (Å²) in [5.74, 6) is 0. The van der Waals surface area contributed by atoms with Gasteiger partial charge in [-0.1, -0.05) is 38.5 Å². The summed E-state index contributed by atoms with van der Waals surface area (Å²) in [5, 5.41) is 0. The van der Waals surface area contributed by atoms with Crippen molar-refractivity contribution in [2.75, 3.05) is 6.26 Å². The van der Waals surface area contributed by atoms with E-state index in [1.54, 1.807) is 6.26 Å². The maximum atomic E-state index is 10.8. The lowest BCUT2D eigenvalue weighted by molar-refractivity contribution is 0.687. The van der Waals surface area contributed by atoms with Gasteiger partial charge in [0.2, 0.25) is 0 Å².